The first-order chi connectivity index (χ1) is 21.6. The number of nitrogens with one attached hydrogen (secondary N) is 1. The molecular weight excluding hydrogens is 574 g/mol. The molecule has 0 aliphatic carbocycles. The van der Waals surface area contributed by atoms with Crippen LogP contribution in [0.25, 0.3) is 0 Å². The summed E-state index contributed by atoms with van der Waals surface area (Å²) in [6.45, 7) is 5.90. The van der Waals surface area contributed by atoms with Gasteiger partial charge in [0.1, 0.15) is 17.5 Å². The fourth-order valence-corrected chi connectivity index (χ4v) is 8.12. The number of rotatable bonds is 6. The van der Waals surface area contributed by atoms with Crippen molar-refractivity contribution >= 4 is 5.91 Å². The SMILES string of the molecule is COc1c(C)c(C)c2c(c1O)[C@@H]1[C@@H]3Cc4c(OC)c(C)c(OC)c(O)c4[C@H](CNC(=O)c4ccccn4)N3[C@@H](C#N)[C@H](C2)N1C. The van der Waals surface area contributed by atoms with Crippen molar-refractivity contribution in [3.8, 4) is 34.8 Å². The third-order valence-corrected chi connectivity index (χ3v) is 10.2. The summed E-state index contributed by atoms with van der Waals surface area (Å²) in [6, 6.07) is 5.59. The van der Waals surface area contributed by atoms with Crippen LogP contribution in [-0.2, 0) is 12.8 Å². The zero-order valence-corrected chi connectivity index (χ0v) is 26.6. The quantitative estimate of drug-likeness (QED) is 0.377. The molecule has 236 valence electrons. The van der Waals surface area contributed by atoms with Crippen molar-refractivity contribution in [1.82, 2.24) is 20.1 Å². The van der Waals surface area contributed by atoms with Gasteiger partial charge in [0.15, 0.2) is 23.0 Å². The second-order valence-electron chi connectivity index (χ2n) is 12.1. The van der Waals surface area contributed by atoms with E-state index in [2.05, 4.69) is 26.2 Å². The van der Waals surface area contributed by atoms with Crippen LogP contribution in [0.1, 0.15) is 61.5 Å². The molecular formula is C34H39N5O6. The van der Waals surface area contributed by atoms with E-state index in [4.69, 9.17) is 14.2 Å². The van der Waals surface area contributed by atoms with Gasteiger partial charge >= 0.3 is 0 Å². The molecule has 11 heteroatoms. The molecule has 2 bridgehead atoms. The highest BCUT2D eigenvalue weighted by Crippen LogP contribution is 2.57. The van der Waals surface area contributed by atoms with Gasteiger partial charge in [0.25, 0.3) is 5.91 Å². The predicted octanol–water partition coefficient (Wildman–Crippen LogP) is 3.65. The molecule has 6 rings (SSSR count). The van der Waals surface area contributed by atoms with Crippen LogP contribution in [0.5, 0.6) is 28.7 Å². The number of amides is 1. The summed E-state index contributed by atoms with van der Waals surface area (Å²) in [4.78, 5) is 21.8. The fraction of sp³-hybridized carbons (Fsp3) is 0.441. The molecule has 11 nitrogen and oxygen atoms in total. The standard InChI is InChI=1S/C34H39N5O6/c1-16-17(2)32(44-6)30(41)27-19(16)12-22-24(14-35)39-23(28(27)38(22)4)13-20-26(29(40)33(45-7)18(3)31(20)43-5)25(39)15-37-34(42)21-10-8-9-11-36-21/h8-11,22-25,28,40-41H,12-13,15H2,1-7H3,(H,37,42)/t22-,23-,24-,25-,28-/m0/s1. The zero-order chi connectivity index (χ0) is 32.3. The number of hydrogen-bond acceptors (Lipinski definition) is 10. The van der Waals surface area contributed by atoms with Crippen LogP contribution in [0.4, 0.5) is 0 Å². The van der Waals surface area contributed by atoms with Crippen molar-refractivity contribution in [2.45, 2.75) is 63.8 Å². The summed E-state index contributed by atoms with van der Waals surface area (Å²) in [6.07, 6.45) is 2.51. The number of aromatic nitrogens is 1. The van der Waals surface area contributed by atoms with Crippen LogP contribution in [0.15, 0.2) is 24.4 Å². The third-order valence-electron chi connectivity index (χ3n) is 10.2. The Morgan fingerprint density at radius 1 is 0.956 bits per heavy atom. The van der Waals surface area contributed by atoms with E-state index < -0.39 is 12.1 Å². The van der Waals surface area contributed by atoms with E-state index in [0.717, 1.165) is 27.8 Å². The highest BCUT2D eigenvalue weighted by Gasteiger charge is 2.56. The molecule has 1 aromatic heterocycles. The smallest absolute Gasteiger partial charge is 0.269 e. The predicted molar refractivity (Wildman–Crippen MR) is 166 cm³/mol. The number of ether oxygens (including phenoxy) is 3. The van der Waals surface area contributed by atoms with Crippen LogP contribution in [0.3, 0.4) is 0 Å². The molecule has 3 aliphatic heterocycles. The average Bonchev–Trinajstić information content (AvgIpc) is 3.03. The molecule has 0 spiro atoms. The number of nitrogens with zero attached hydrogens (tertiary/aromatic N) is 4. The minimum Gasteiger partial charge on any atom is -0.504 e. The van der Waals surface area contributed by atoms with Gasteiger partial charge in [0, 0.05) is 47.1 Å². The molecule has 1 amide bonds. The molecule has 3 aromatic rings. The van der Waals surface area contributed by atoms with Crippen LogP contribution < -0.4 is 19.5 Å². The lowest BCUT2D eigenvalue weighted by molar-refractivity contribution is -0.0723. The van der Waals surface area contributed by atoms with E-state index in [1.165, 1.54) is 7.11 Å². The van der Waals surface area contributed by atoms with Gasteiger partial charge in [0.2, 0.25) is 0 Å². The van der Waals surface area contributed by atoms with E-state index >= 15 is 0 Å². The highest BCUT2D eigenvalue weighted by molar-refractivity contribution is 5.92. The number of piperazine rings is 1. The number of benzene rings is 2. The largest absolute Gasteiger partial charge is 0.504 e. The van der Waals surface area contributed by atoms with Gasteiger partial charge in [-0.15, -0.1) is 0 Å². The Morgan fingerprint density at radius 3 is 2.22 bits per heavy atom. The third kappa shape index (κ3) is 4.38. The molecule has 3 aliphatic rings. The minimum absolute atomic E-state index is 0.0431. The maximum Gasteiger partial charge on any atom is 0.269 e. The summed E-state index contributed by atoms with van der Waals surface area (Å²) < 4.78 is 17.3. The van der Waals surface area contributed by atoms with Crippen LogP contribution in [0, 0.1) is 32.1 Å². The van der Waals surface area contributed by atoms with Crippen molar-refractivity contribution in [2.75, 3.05) is 34.9 Å². The Bertz CT molecular complexity index is 1720. The van der Waals surface area contributed by atoms with Crippen LogP contribution in [0.2, 0.25) is 0 Å². The lowest BCUT2D eigenvalue weighted by atomic mass is 9.70. The van der Waals surface area contributed by atoms with Crippen molar-refractivity contribution in [2.24, 2.45) is 0 Å². The van der Waals surface area contributed by atoms with Gasteiger partial charge < -0.3 is 29.7 Å². The molecule has 0 unspecified atom stereocenters. The molecule has 3 N–H and O–H groups in total. The lowest BCUT2D eigenvalue weighted by Crippen LogP contribution is -2.68. The van der Waals surface area contributed by atoms with Gasteiger partial charge in [-0.05, 0) is 69.5 Å². The Hall–Kier alpha value is -4.53. The topological polar surface area (TPSA) is 140 Å². The van der Waals surface area contributed by atoms with Crippen LogP contribution in [-0.4, -0.2) is 84.0 Å². The Labute approximate surface area is 263 Å². The van der Waals surface area contributed by atoms with E-state index in [9.17, 15) is 20.3 Å². The molecule has 1 saturated heterocycles. The van der Waals surface area contributed by atoms with E-state index in [1.807, 2.05) is 27.8 Å². The molecule has 1 fully saturated rings. The number of methoxy groups -OCH3 is 3. The molecule has 2 aromatic carbocycles. The number of carbonyl (C=O) groups excluding carboxylic acids is 1. The maximum atomic E-state index is 13.3. The molecule has 45 heavy (non-hydrogen) atoms. The number of phenolic OH excluding ortho intramolecular Hbond substituents is 2. The molecule has 5 atom stereocenters. The van der Waals surface area contributed by atoms with E-state index in [0.29, 0.717) is 35.5 Å². The van der Waals surface area contributed by atoms with Crippen molar-refractivity contribution in [3.05, 3.63) is 69.0 Å². The summed E-state index contributed by atoms with van der Waals surface area (Å²) in [7, 11) is 6.64. The molecule has 0 radical (unpaired) electrons. The Balaban J connectivity index is 1.58. The van der Waals surface area contributed by atoms with Crippen molar-refractivity contribution < 1.29 is 29.2 Å². The molecule has 0 saturated carbocycles. The first-order valence-electron chi connectivity index (χ1n) is 15.0. The van der Waals surface area contributed by atoms with Crippen LogP contribution >= 0.6 is 0 Å². The van der Waals surface area contributed by atoms with Gasteiger partial charge in [-0.3, -0.25) is 19.6 Å². The Kier molecular flexibility index (Phi) is 7.75. The number of likely N-dealkylation sites (N-methyl/N-ethyl adjacent to an activating group) is 1. The average molecular weight is 614 g/mol. The number of fused-ring (bicyclic) bond motifs is 7. The number of pyridine rings is 1. The highest BCUT2D eigenvalue weighted by atomic mass is 16.5. The van der Waals surface area contributed by atoms with Gasteiger partial charge in [-0.25, -0.2) is 0 Å². The number of nitriles is 1. The first kappa shape index (κ1) is 30.5. The second kappa shape index (κ2) is 11.4. The summed E-state index contributed by atoms with van der Waals surface area (Å²) >= 11 is 0. The number of carbonyl (C=O) groups is 1. The van der Waals surface area contributed by atoms with Gasteiger partial charge in [0.05, 0.1) is 39.5 Å². The number of aromatic hydroxyl groups is 2. The minimum atomic E-state index is -0.629. The molecule has 4 heterocycles. The van der Waals surface area contributed by atoms with Gasteiger partial charge in [-0.1, -0.05) is 6.07 Å². The summed E-state index contributed by atoms with van der Waals surface area (Å²) in [5.74, 6) is 0.999. The monoisotopic (exact) mass is 613 g/mol. The van der Waals surface area contributed by atoms with E-state index in [-0.39, 0.29) is 53.5 Å². The second-order valence-corrected chi connectivity index (χ2v) is 12.1. The number of hydrogen-bond donors (Lipinski definition) is 3. The zero-order valence-electron chi connectivity index (χ0n) is 26.6. The number of phenols is 2. The van der Waals surface area contributed by atoms with Gasteiger partial charge in [-0.2, -0.15) is 5.26 Å². The van der Waals surface area contributed by atoms with E-state index in [1.54, 1.807) is 38.6 Å². The first-order valence-corrected chi connectivity index (χ1v) is 15.0. The normalized spacial score (nSPS) is 23.6. The lowest BCUT2D eigenvalue weighted by Gasteiger charge is -2.60. The summed E-state index contributed by atoms with van der Waals surface area (Å²) in [5, 5.41) is 37.3. The summed E-state index contributed by atoms with van der Waals surface area (Å²) in [5.41, 5.74) is 5.98. The maximum absolute atomic E-state index is 13.3. The van der Waals surface area contributed by atoms with Crippen molar-refractivity contribution in [1.29, 1.82) is 5.26 Å². The van der Waals surface area contributed by atoms with Crippen molar-refractivity contribution in [3.63, 3.8) is 0 Å². The Morgan fingerprint density at radius 2 is 1.60 bits per heavy atom. The fourth-order valence-electron chi connectivity index (χ4n) is 8.12.